The fourth-order valence-corrected chi connectivity index (χ4v) is 3.86. The maximum atomic E-state index is 9.03. The third kappa shape index (κ3) is 4.62. The van der Waals surface area contributed by atoms with Gasteiger partial charge in [0.25, 0.3) is 0 Å². The van der Waals surface area contributed by atoms with E-state index in [2.05, 4.69) is 50.5 Å². The van der Waals surface area contributed by atoms with Gasteiger partial charge in [-0.1, -0.05) is 0 Å². The van der Waals surface area contributed by atoms with E-state index in [0.29, 0.717) is 12.2 Å². The maximum absolute atomic E-state index is 9.03. The lowest BCUT2D eigenvalue weighted by molar-refractivity contribution is 0.301. The smallest absolute Gasteiger partial charge is 0.152 e. The van der Waals surface area contributed by atoms with Crippen LogP contribution in [-0.4, -0.2) is 74.5 Å². The van der Waals surface area contributed by atoms with Crippen molar-refractivity contribution in [3.63, 3.8) is 0 Å². The van der Waals surface area contributed by atoms with Gasteiger partial charge in [0.15, 0.2) is 11.6 Å². The van der Waals surface area contributed by atoms with Crippen LogP contribution in [0.25, 0.3) is 0 Å². The second kappa shape index (κ2) is 9.71. The summed E-state index contributed by atoms with van der Waals surface area (Å²) in [6, 6.07) is 3.92. The molecule has 4 rings (SSSR count). The van der Waals surface area contributed by atoms with Gasteiger partial charge < -0.3 is 36.2 Å². The lowest BCUT2D eigenvalue weighted by Gasteiger charge is -2.37. The number of aliphatic hydroxyl groups excluding tert-OH is 1. The minimum absolute atomic E-state index is 0.153. The van der Waals surface area contributed by atoms with Crippen molar-refractivity contribution >= 4 is 34.4 Å². The standard InChI is InChI=1S/C11H18N4O.C10H16N4/c1-2-14-3-4-15(5-6-16)10-7-9(12)8-13-11(10)14;1-3-14-5-4-13(2)9-6-8(11)7-12-10(9)14/h7-8,16H,2-6,12H2,1H3;6-7H,3-5,11H2,1-2H3. The highest BCUT2D eigenvalue weighted by Crippen LogP contribution is 2.32. The summed E-state index contributed by atoms with van der Waals surface area (Å²) in [6.07, 6.45) is 3.41. The van der Waals surface area contributed by atoms with Crippen LogP contribution in [-0.2, 0) is 0 Å². The van der Waals surface area contributed by atoms with Gasteiger partial charge in [0.05, 0.1) is 41.8 Å². The maximum Gasteiger partial charge on any atom is 0.152 e. The molecule has 30 heavy (non-hydrogen) atoms. The van der Waals surface area contributed by atoms with Crippen LogP contribution in [0.2, 0.25) is 0 Å². The Kier molecular flexibility index (Phi) is 7.04. The molecule has 0 aromatic carbocycles. The number of aromatic nitrogens is 2. The molecular weight excluding hydrogens is 380 g/mol. The average molecular weight is 415 g/mol. The van der Waals surface area contributed by atoms with Gasteiger partial charge in [-0.15, -0.1) is 0 Å². The zero-order chi connectivity index (χ0) is 21.7. The Morgan fingerprint density at radius 2 is 1.33 bits per heavy atom. The number of nitrogens with zero attached hydrogens (tertiary/aromatic N) is 6. The Balaban J connectivity index is 0.000000172. The Morgan fingerprint density at radius 1 is 0.833 bits per heavy atom. The SMILES string of the molecule is CCN1CCN(C)c2cc(N)cnc21.CCN1CCN(CCO)c2cc(N)cnc21. The van der Waals surface area contributed by atoms with E-state index in [0.717, 1.165) is 68.0 Å². The van der Waals surface area contributed by atoms with Gasteiger partial charge in [0, 0.05) is 52.9 Å². The molecule has 0 atom stereocenters. The molecule has 4 heterocycles. The van der Waals surface area contributed by atoms with E-state index >= 15 is 0 Å². The predicted molar refractivity (Wildman–Crippen MR) is 126 cm³/mol. The molecule has 0 radical (unpaired) electrons. The van der Waals surface area contributed by atoms with Crippen molar-refractivity contribution in [1.29, 1.82) is 0 Å². The monoisotopic (exact) mass is 414 g/mol. The van der Waals surface area contributed by atoms with Crippen LogP contribution >= 0.6 is 0 Å². The lowest BCUT2D eigenvalue weighted by atomic mass is 10.2. The van der Waals surface area contributed by atoms with E-state index in [1.807, 2.05) is 12.1 Å². The largest absolute Gasteiger partial charge is 0.397 e. The lowest BCUT2D eigenvalue weighted by Crippen LogP contribution is -2.42. The molecule has 0 fully saturated rings. The number of nitrogens with two attached hydrogens (primary N) is 2. The second-order valence-corrected chi connectivity index (χ2v) is 7.51. The summed E-state index contributed by atoms with van der Waals surface area (Å²) in [5.41, 5.74) is 15.0. The van der Waals surface area contributed by atoms with Crippen molar-refractivity contribution in [2.45, 2.75) is 13.8 Å². The average Bonchev–Trinajstić information content (AvgIpc) is 2.75. The zero-order valence-electron chi connectivity index (χ0n) is 18.3. The molecule has 0 amide bonds. The third-order valence-electron chi connectivity index (χ3n) is 5.57. The summed E-state index contributed by atoms with van der Waals surface area (Å²) in [4.78, 5) is 17.6. The molecule has 0 saturated heterocycles. The highest BCUT2D eigenvalue weighted by molar-refractivity contribution is 5.73. The molecule has 2 aliphatic rings. The van der Waals surface area contributed by atoms with E-state index in [1.54, 1.807) is 12.4 Å². The number of nitrogen functional groups attached to an aromatic ring is 2. The number of hydrogen-bond acceptors (Lipinski definition) is 9. The first-order valence-corrected chi connectivity index (χ1v) is 10.6. The van der Waals surface area contributed by atoms with Gasteiger partial charge in [0.1, 0.15) is 0 Å². The Hall–Kier alpha value is -2.94. The Morgan fingerprint density at radius 3 is 1.90 bits per heavy atom. The van der Waals surface area contributed by atoms with Gasteiger partial charge in [-0.05, 0) is 26.0 Å². The number of aliphatic hydroxyl groups is 1. The van der Waals surface area contributed by atoms with Gasteiger partial charge in [-0.25, -0.2) is 9.97 Å². The minimum Gasteiger partial charge on any atom is -0.397 e. The molecular formula is C21H34N8O. The fraction of sp³-hybridized carbons (Fsp3) is 0.524. The molecule has 2 aromatic rings. The molecule has 2 aliphatic heterocycles. The van der Waals surface area contributed by atoms with Crippen molar-refractivity contribution in [1.82, 2.24) is 9.97 Å². The van der Waals surface area contributed by atoms with Crippen molar-refractivity contribution in [2.24, 2.45) is 0 Å². The van der Waals surface area contributed by atoms with E-state index in [9.17, 15) is 0 Å². The fourth-order valence-electron chi connectivity index (χ4n) is 3.86. The van der Waals surface area contributed by atoms with E-state index in [1.165, 1.54) is 0 Å². The first kappa shape index (κ1) is 21.8. The van der Waals surface area contributed by atoms with Crippen LogP contribution in [0, 0.1) is 0 Å². The van der Waals surface area contributed by atoms with Crippen LogP contribution in [0.5, 0.6) is 0 Å². The molecule has 0 spiro atoms. The predicted octanol–water partition coefficient (Wildman–Crippen LogP) is 1.24. The molecule has 9 heteroatoms. The summed E-state index contributed by atoms with van der Waals surface area (Å²) in [7, 11) is 2.08. The first-order chi connectivity index (χ1) is 14.5. The van der Waals surface area contributed by atoms with Crippen LogP contribution in [0.3, 0.4) is 0 Å². The molecule has 2 aromatic heterocycles. The molecule has 0 unspecified atom stereocenters. The van der Waals surface area contributed by atoms with Crippen LogP contribution < -0.4 is 31.1 Å². The van der Waals surface area contributed by atoms with Crippen molar-refractivity contribution < 1.29 is 5.11 Å². The Bertz CT molecular complexity index is 846. The molecule has 0 bridgehead atoms. The number of anilines is 6. The quantitative estimate of drug-likeness (QED) is 0.680. The summed E-state index contributed by atoms with van der Waals surface area (Å²) in [5.74, 6) is 2.02. The molecule has 164 valence electrons. The highest BCUT2D eigenvalue weighted by atomic mass is 16.3. The van der Waals surface area contributed by atoms with Crippen molar-refractivity contribution in [3.8, 4) is 0 Å². The summed E-state index contributed by atoms with van der Waals surface area (Å²) in [6.45, 7) is 10.9. The number of hydrogen-bond donors (Lipinski definition) is 3. The van der Waals surface area contributed by atoms with Gasteiger partial charge in [-0.2, -0.15) is 0 Å². The minimum atomic E-state index is 0.153. The van der Waals surface area contributed by atoms with Gasteiger partial charge in [-0.3, -0.25) is 0 Å². The molecule has 0 aliphatic carbocycles. The summed E-state index contributed by atoms with van der Waals surface area (Å²) < 4.78 is 0. The van der Waals surface area contributed by atoms with E-state index < -0.39 is 0 Å². The highest BCUT2D eigenvalue weighted by Gasteiger charge is 2.22. The second-order valence-electron chi connectivity index (χ2n) is 7.51. The third-order valence-corrected chi connectivity index (χ3v) is 5.57. The van der Waals surface area contributed by atoms with E-state index in [-0.39, 0.29) is 6.61 Å². The number of rotatable bonds is 4. The van der Waals surface area contributed by atoms with Crippen LogP contribution in [0.4, 0.5) is 34.4 Å². The topological polar surface area (TPSA) is 111 Å². The number of likely N-dealkylation sites (N-methyl/N-ethyl adjacent to an activating group) is 3. The normalized spacial score (nSPS) is 15.3. The number of β-amino-alcohol motifs (C(OH)–C–C–N with tert-alkyl or cyclic N) is 1. The van der Waals surface area contributed by atoms with Crippen molar-refractivity contribution in [2.75, 3.05) is 90.5 Å². The summed E-state index contributed by atoms with van der Waals surface area (Å²) >= 11 is 0. The first-order valence-electron chi connectivity index (χ1n) is 10.6. The van der Waals surface area contributed by atoms with Crippen LogP contribution in [0.15, 0.2) is 24.5 Å². The van der Waals surface area contributed by atoms with Gasteiger partial charge in [0.2, 0.25) is 0 Å². The van der Waals surface area contributed by atoms with Crippen molar-refractivity contribution in [3.05, 3.63) is 24.5 Å². The summed E-state index contributed by atoms with van der Waals surface area (Å²) in [5, 5.41) is 9.03. The number of fused-ring (bicyclic) bond motifs is 2. The van der Waals surface area contributed by atoms with E-state index in [4.69, 9.17) is 16.6 Å². The molecule has 0 saturated carbocycles. The zero-order valence-corrected chi connectivity index (χ0v) is 18.3. The number of pyridine rings is 2. The molecule has 5 N–H and O–H groups in total. The molecule has 9 nitrogen and oxygen atoms in total. The van der Waals surface area contributed by atoms with Crippen LogP contribution in [0.1, 0.15) is 13.8 Å². The Labute approximate surface area is 178 Å². The van der Waals surface area contributed by atoms with Gasteiger partial charge >= 0.3 is 0 Å².